The number of furan rings is 1. The van der Waals surface area contributed by atoms with E-state index in [0.717, 1.165) is 8.58 Å². The lowest BCUT2D eigenvalue weighted by molar-refractivity contribution is -0.402. The Hall–Kier alpha value is -2.76. The van der Waals surface area contributed by atoms with Gasteiger partial charge in [-0.1, -0.05) is 0 Å². The molecular formula is C15H11IN4O5. The molecule has 2 amide bonds. The Morgan fingerprint density at radius 2 is 1.84 bits per heavy atom. The van der Waals surface area contributed by atoms with E-state index < -0.39 is 10.8 Å². The fourth-order valence-corrected chi connectivity index (χ4v) is 2.56. The van der Waals surface area contributed by atoms with Crippen molar-refractivity contribution in [1.82, 2.24) is 5.01 Å². The number of carbonyl (C=O) groups is 2. The maximum atomic E-state index is 12.3. The van der Waals surface area contributed by atoms with Gasteiger partial charge in [0.1, 0.15) is 18.0 Å². The Morgan fingerprint density at radius 3 is 2.48 bits per heavy atom. The van der Waals surface area contributed by atoms with Crippen molar-refractivity contribution >= 4 is 52.2 Å². The van der Waals surface area contributed by atoms with E-state index in [4.69, 9.17) is 4.42 Å². The van der Waals surface area contributed by atoms with Gasteiger partial charge in [-0.25, -0.2) is 5.01 Å². The Morgan fingerprint density at radius 1 is 1.12 bits per heavy atom. The van der Waals surface area contributed by atoms with Gasteiger partial charge in [0.15, 0.2) is 5.76 Å². The van der Waals surface area contributed by atoms with Crippen LogP contribution in [0.25, 0.3) is 0 Å². The maximum Gasteiger partial charge on any atom is 0.433 e. The van der Waals surface area contributed by atoms with Crippen LogP contribution in [0.15, 0.2) is 45.9 Å². The van der Waals surface area contributed by atoms with Gasteiger partial charge in [-0.2, -0.15) is 5.10 Å². The van der Waals surface area contributed by atoms with Crippen LogP contribution in [0.1, 0.15) is 5.76 Å². The first kappa shape index (κ1) is 17.1. The molecule has 1 aliphatic heterocycles. The SMILES string of the molecule is O=C1CN(c2ccc(I)cc2)C(=O)CN1/N=C\c1ccc([N+](=O)[O-])o1. The summed E-state index contributed by atoms with van der Waals surface area (Å²) in [4.78, 5) is 35.8. The van der Waals surface area contributed by atoms with Gasteiger partial charge in [0.05, 0.1) is 12.3 Å². The Kier molecular flexibility index (Phi) is 4.79. The number of benzene rings is 1. The van der Waals surface area contributed by atoms with Gasteiger partial charge in [0.2, 0.25) is 5.91 Å². The lowest BCUT2D eigenvalue weighted by Gasteiger charge is -2.31. The van der Waals surface area contributed by atoms with E-state index in [1.54, 1.807) is 12.1 Å². The number of nitrogens with zero attached hydrogens (tertiary/aromatic N) is 4. The van der Waals surface area contributed by atoms with E-state index >= 15 is 0 Å². The molecule has 0 bridgehead atoms. The second-order valence-corrected chi connectivity index (χ2v) is 6.33. The summed E-state index contributed by atoms with van der Waals surface area (Å²) in [6.07, 6.45) is 1.17. The highest BCUT2D eigenvalue weighted by atomic mass is 127. The normalized spacial score (nSPS) is 15.2. The van der Waals surface area contributed by atoms with Crippen LogP contribution in [0.3, 0.4) is 0 Å². The predicted molar refractivity (Wildman–Crippen MR) is 96.2 cm³/mol. The first-order chi connectivity index (χ1) is 11.9. The van der Waals surface area contributed by atoms with Gasteiger partial charge in [0, 0.05) is 9.26 Å². The van der Waals surface area contributed by atoms with Crippen molar-refractivity contribution in [1.29, 1.82) is 0 Å². The number of amides is 2. The number of hydrogen-bond donors (Lipinski definition) is 0. The first-order valence-electron chi connectivity index (χ1n) is 7.08. The van der Waals surface area contributed by atoms with Crippen LogP contribution in [0.2, 0.25) is 0 Å². The number of hydrogen-bond acceptors (Lipinski definition) is 6. The molecule has 1 aromatic carbocycles. The zero-order chi connectivity index (χ0) is 18.0. The van der Waals surface area contributed by atoms with Gasteiger partial charge >= 0.3 is 5.88 Å². The second-order valence-electron chi connectivity index (χ2n) is 5.09. The molecule has 2 aromatic rings. The molecule has 0 saturated carbocycles. The third kappa shape index (κ3) is 3.84. The predicted octanol–water partition coefficient (Wildman–Crippen LogP) is 2.00. The van der Waals surface area contributed by atoms with E-state index in [9.17, 15) is 19.7 Å². The highest BCUT2D eigenvalue weighted by Gasteiger charge is 2.30. The smallest absolute Gasteiger partial charge is 0.400 e. The summed E-state index contributed by atoms with van der Waals surface area (Å²) in [5.74, 6) is -0.946. The molecule has 9 nitrogen and oxygen atoms in total. The van der Waals surface area contributed by atoms with Crippen molar-refractivity contribution in [3.63, 3.8) is 0 Å². The number of rotatable bonds is 4. The summed E-state index contributed by atoms with van der Waals surface area (Å²) in [5.41, 5.74) is 0.643. The minimum Gasteiger partial charge on any atom is -0.400 e. The highest BCUT2D eigenvalue weighted by molar-refractivity contribution is 14.1. The largest absolute Gasteiger partial charge is 0.433 e. The van der Waals surface area contributed by atoms with Crippen molar-refractivity contribution < 1.29 is 18.9 Å². The highest BCUT2D eigenvalue weighted by Crippen LogP contribution is 2.20. The summed E-state index contributed by atoms with van der Waals surface area (Å²) < 4.78 is 5.94. The Labute approximate surface area is 155 Å². The van der Waals surface area contributed by atoms with Gasteiger partial charge < -0.3 is 9.32 Å². The van der Waals surface area contributed by atoms with Crippen LogP contribution in [0.5, 0.6) is 0 Å². The molecule has 1 aromatic heterocycles. The van der Waals surface area contributed by atoms with Gasteiger partial charge in [-0.3, -0.25) is 19.7 Å². The standard InChI is InChI=1S/C15H11IN4O5/c16-10-1-3-11(4-2-10)18-8-14(22)19(9-13(18)21)17-7-12-5-6-15(25-12)20(23)24/h1-7H,8-9H2/b17-7-. The summed E-state index contributed by atoms with van der Waals surface area (Å²) in [7, 11) is 0. The number of nitro groups is 1. The summed E-state index contributed by atoms with van der Waals surface area (Å²) in [5, 5.41) is 15.5. The van der Waals surface area contributed by atoms with Crippen LogP contribution >= 0.6 is 22.6 Å². The Bertz CT molecular complexity index is 861. The molecule has 2 heterocycles. The van der Waals surface area contributed by atoms with Crippen molar-refractivity contribution in [2.24, 2.45) is 5.10 Å². The van der Waals surface area contributed by atoms with E-state index in [1.165, 1.54) is 23.2 Å². The third-order valence-electron chi connectivity index (χ3n) is 3.42. The quantitative estimate of drug-likeness (QED) is 0.304. The molecule has 0 radical (unpaired) electrons. The van der Waals surface area contributed by atoms with E-state index in [0.29, 0.717) is 5.69 Å². The minimum atomic E-state index is -0.675. The van der Waals surface area contributed by atoms with Crippen molar-refractivity contribution in [2.75, 3.05) is 18.0 Å². The lowest BCUT2D eigenvalue weighted by atomic mass is 10.2. The first-order valence-corrected chi connectivity index (χ1v) is 8.16. The molecule has 1 saturated heterocycles. The molecule has 0 spiro atoms. The lowest BCUT2D eigenvalue weighted by Crippen LogP contribution is -2.52. The third-order valence-corrected chi connectivity index (χ3v) is 4.14. The zero-order valence-corrected chi connectivity index (χ0v) is 14.8. The van der Waals surface area contributed by atoms with Crippen molar-refractivity contribution in [3.05, 3.63) is 55.8 Å². The van der Waals surface area contributed by atoms with E-state index in [-0.39, 0.29) is 30.7 Å². The summed E-state index contributed by atoms with van der Waals surface area (Å²) in [6, 6.07) is 9.78. The molecule has 1 fully saturated rings. The molecule has 1 aliphatic rings. The molecule has 0 N–H and O–H groups in total. The molecule has 128 valence electrons. The van der Waals surface area contributed by atoms with Crippen LogP contribution in [-0.2, 0) is 9.59 Å². The molecule has 0 unspecified atom stereocenters. The van der Waals surface area contributed by atoms with Crippen LogP contribution in [-0.4, -0.2) is 41.1 Å². The van der Waals surface area contributed by atoms with E-state index in [1.807, 2.05) is 12.1 Å². The fourth-order valence-electron chi connectivity index (χ4n) is 2.20. The monoisotopic (exact) mass is 454 g/mol. The number of anilines is 1. The van der Waals surface area contributed by atoms with Crippen molar-refractivity contribution in [3.8, 4) is 0 Å². The van der Waals surface area contributed by atoms with Crippen LogP contribution in [0, 0.1) is 13.7 Å². The van der Waals surface area contributed by atoms with Gasteiger partial charge in [-0.05, 0) is 52.9 Å². The molecular weight excluding hydrogens is 443 g/mol. The Balaban J connectivity index is 1.70. The van der Waals surface area contributed by atoms with Crippen LogP contribution in [0.4, 0.5) is 11.6 Å². The number of hydrazone groups is 1. The fraction of sp³-hybridized carbons (Fsp3) is 0.133. The molecule has 0 atom stereocenters. The van der Waals surface area contributed by atoms with Gasteiger partial charge in [-0.15, -0.1) is 0 Å². The second kappa shape index (κ2) is 7.01. The average Bonchev–Trinajstić information content (AvgIpc) is 3.05. The topological polar surface area (TPSA) is 109 Å². The maximum absolute atomic E-state index is 12.3. The summed E-state index contributed by atoms with van der Waals surface area (Å²) >= 11 is 2.15. The average molecular weight is 454 g/mol. The summed E-state index contributed by atoms with van der Waals surface area (Å²) in [6.45, 7) is -0.348. The number of halogens is 1. The molecule has 0 aliphatic carbocycles. The van der Waals surface area contributed by atoms with Crippen LogP contribution < -0.4 is 4.90 Å². The molecule has 25 heavy (non-hydrogen) atoms. The number of piperazine rings is 1. The number of carbonyl (C=O) groups excluding carboxylic acids is 2. The van der Waals surface area contributed by atoms with E-state index in [2.05, 4.69) is 27.7 Å². The zero-order valence-electron chi connectivity index (χ0n) is 12.7. The molecule has 10 heteroatoms. The minimum absolute atomic E-state index is 0.118. The van der Waals surface area contributed by atoms with Crippen molar-refractivity contribution in [2.45, 2.75) is 0 Å². The van der Waals surface area contributed by atoms with Gasteiger partial charge in [0.25, 0.3) is 5.91 Å². The molecule has 3 rings (SSSR count).